The molecule has 9 nitrogen and oxygen atoms in total. The number of nitrogens with zero attached hydrogens (tertiary/aromatic N) is 3. The van der Waals surface area contributed by atoms with Crippen LogP contribution in [0.2, 0.25) is 10.0 Å². The number of benzene rings is 3. The number of morpholine rings is 1. The smallest absolute Gasteiger partial charge is 0.337 e. The fourth-order valence-electron chi connectivity index (χ4n) is 7.02. The number of hydrogen-bond acceptors (Lipinski definition) is 7. The third-order valence-corrected chi connectivity index (χ3v) is 10.2. The van der Waals surface area contributed by atoms with Crippen molar-refractivity contribution in [3.63, 3.8) is 0 Å². The van der Waals surface area contributed by atoms with Gasteiger partial charge in [-0.1, -0.05) is 41.4 Å². The Balaban J connectivity index is 1.17. The monoisotopic (exact) mass is 669 g/mol. The number of para-hydroxylation sites is 1. The Bertz CT molecular complexity index is 1700. The third-order valence-electron chi connectivity index (χ3n) is 9.60. The minimum Gasteiger partial charge on any atom is -0.478 e. The molecule has 2 atom stereocenters. The van der Waals surface area contributed by atoms with E-state index in [-0.39, 0.29) is 63.7 Å². The highest BCUT2D eigenvalue weighted by Gasteiger charge is 2.40. The first-order valence-electron chi connectivity index (χ1n) is 15.3. The highest BCUT2D eigenvalue weighted by atomic mass is 35.5. The van der Waals surface area contributed by atoms with Crippen LogP contribution in [0.5, 0.6) is 5.75 Å². The number of rotatable bonds is 6. The molecule has 2 unspecified atom stereocenters. The van der Waals surface area contributed by atoms with Crippen molar-refractivity contribution in [2.24, 2.45) is 0 Å². The lowest BCUT2D eigenvalue weighted by Gasteiger charge is -2.48. The van der Waals surface area contributed by atoms with Crippen molar-refractivity contribution in [3.8, 4) is 16.9 Å². The zero-order chi connectivity index (χ0) is 32.3. The second-order valence-corrected chi connectivity index (χ2v) is 13.5. The Morgan fingerprint density at radius 3 is 2.57 bits per heavy atom. The number of aromatic carboxylic acids is 1. The van der Waals surface area contributed by atoms with Crippen molar-refractivity contribution in [2.75, 3.05) is 49.9 Å². The zero-order valence-corrected chi connectivity index (χ0v) is 27.0. The van der Waals surface area contributed by atoms with Crippen molar-refractivity contribution < 1.29 is 33.3 Å². The van der Waals surface area contributed by atoms with Crippen LogP contribution in [0.3, 0.4) is 0 Å². The Hall–Kier alpha value is -3.57. The number of carbonyl (C=O) groups is 2. The number of anilines is 2. The summed E-state index contributed by atoms with van der Waals surface area (Å²) in [6.07, 6.45) is 2.78. The van der Waals surface area contributed by atoms with E-state index in [0.717, 1.165) is 31.0 Å². The molecule has 8 rings (SSSR count). The molecule has 0 spiro atoms. The molecular formula is C34H34Cl2FN3O6. The lowest BCUT2D eigenvalue weighted by molar-refractivity contribution is -0.0167. The van der Waals surface area contributed by atoms with E-state index >= 15 is 4.39 Å². The summed E-state index contributed by atoms with van der Waals surface area (Å²) >= 11 is 13.2. The van der Waals surface area contributed by atoms with Crippen LogP contribution in [-0.2, 0) is 16.0 Å². The van der Waals surface area contributed by atoms with Gasteiger partial charge in [-0.15, -0.1) is 0 Å². The summed E-state index contributed by atoms with van der Waals surface area (Å²) in [5.74, 6) is -1.81. The Morgan fingerprint density at radius 1 is 1.09 bits per heavy atom. The molecule has 5 aliphatic heterocycles. The second kappa shape index (κ2) is 11.9. The standard InChI is InChI=1S/C34H34Cl2FN3O6/c1-34(44-2)16-39(17-34)21-9-26(35)30(27(36)10-21)32(41)38-13-19-5-3-8-23(31(19)46-18-38)24-12-29(25(33(42)43)11-28(24)37)40-14-22-7-4-6-20(40)15-45-22/h3,5,8-12,20,22H,4,6-7,13-18H2,1-2H3,(H,42,43). The van der Waals surface area contributed by atoms with Crippen molar-refractivity contribution >= 4 is 46.5 Å². The Morgan fingerprint density at radius 2 is 1.85 bits per heavy atom. The SMILES string of the molecule is COC1(C)CN(c2cc(Cl)c(C(=O)N3COc4c(cccc4-c4cc(N5CC6CCCC5CO6)c(C(=O)O)cc4F)C3)c(Cl)c2)C1. The van der Waals surface area contributed by atoms with Gasteiger partial charge in [-0.05, 0) is 50.5 Å². The lowest BCUT2D eigenvalue weighted by atomic mass is 9.95. The lowest BCUT2D eigenvalue weighted by Crippen LogP contribution is -2.61. The number of carboxylic acid groups (broad SMARTS) is 1. The molecular weight excluding hydrogens is 636 g/mol. The van der Waals surface area contributed by atoms with E-state index in [1.54, 1.807) is 37.4 Å². The fraction of sp³-hybridized carbons (Fsp3) is 0.412. The normalized spacial score (nSPS) is 21.7. The van der Waals surface area contributed by atoms with Gasteiger partial charge in [0.1, 0.15) is 11.6 Å². The predicted molar refractivity (Wildman–Crippen MR) is 173 cm³/mol. The summed E-state index contributed by atoms with van der Waals surface area (Å²) in [6, 6.07) is 11.5. The minimum atomic E-state index is -1.19. The van der Waals surface area contributed by atoms with Gasteiger partial charge in [-0.25, -0.2) is 9.18 Å². The fourth-order valence-corrected chi connectivity index (χ4v) is 7.66. The summed E-state index contributed by atoms with van der Waals surface area (Å²) < 4.78 is 33.3. The molecule has 0 saturated carbocycles. The minimum absolute atomic E-state index is 0.00521. The summed E-state index contributed by atoms with van der Waals surface area (Å²) in [6.45, 7) is 4.51. The van der Waals surface area contributed by atoms with E-state index in [1.807, 2.05) is 13.0 Å². The first-order valence-corrected chi connectivity index (χ1v) is 16.1. The largest absolute Gasteiger partial charge is 0.478 e. The quantitative estimate of drug-likeness (QED) is 0.319. The molecule has 12 heteroatoms. The molecule has 46 heavy (non-hydrogen) atoms. The first-order chi connectivity index (χ1) is 22.0. The van der Waals surface area contributed by atoms with Gasteiger partial charge < -0.3 is 34.0 Å². The van der Waals surface area contributed by atoms with E-state index in [9.17, 15) is 14.7 Å². The molecule has 242 valence electrons. The van der Waals surface area contributed by atoms with Crippen LogP contribution < -0.4 is 14.5 Å². The van der Waals surface area contributed by atoms with Crippen LogP contribution in [0.25, 0.3) is 11.1 Å². The Kier molecular flexibility index (Phi) is 8.03. The number of fused-ring (bicyclic) bond motifs is 5. The van der Waals surface area contributed by atoms with Gasteiger partial charge >= 0.3 is 5.97 Å². The average Bonchev–Trinajstić information content (AvgIpc) is 3.38. The van der Waals surface area contributed by atoms with Crippen LogP contribution in [0.1, 0.15) is 52.5 Å². The van der Waals surface area contributed by atoms with Gasteiger partial charge in [-0.2, -0.15) is 0 Å². The average molecular weight is 671 g/mol. The van der Waals surface area contributed by atoms with Crippen molar-refractivity contribution in [1.29, 1.82) is 0 Å². The Labute approximate surface area is 276 Å². The molecule has 3 aromatic rings. The highest BCUT2D eigenvalue weighted by Crippen LogP contribution is 2.43. The summed E-state index contributed by atoms with van der Waals surface area (Å²) in [7, 11) is 1.68. The third kappa shape index (κ3) is 5.45. The van der Waals surface area contributed by atoms with Crippen LogP contribution in [-0.4, -0.2) is 79.7 Å². The van der Waals surface area contributed by atoms with Gasteiger partial charge in [0, 0.05) is 49.1 Å². The molecule has 0 aliphatic carbocycles. The topological polar surface area (TPSA) is 91.8 Å². The molecule has 4 fully saturated rings. The van der Waals surface area contributed by atoms with Crippen LogP contribution in [0.15, 0.2) is 42.5 Å². The number of hydrogen-bond donors (Lipinski definition) is 1. The van der Waals surface area contributed by atoms with E-state index in [4.69, 9.17) is 37.4 Å². The number of carboxylic acids is 1. The van der Waals surface area contributed by atoms with Gasteiger partial charge in [0.05, 0.1) is 57.8 Å². The van der Waals surface area contributed by atoms with Crippen LogP contribution in [0, 0.1) is 5.82 Å². The molecule has 1 amide bonds. The van der Waals surface area contributed by atoms with Gasteiger partial charge in [0.15, 0.2) is 6.73 Å². The molecule has 1 N–H and O–H groups in total. The van der Waals surface area contributed by atoms with Gasteiger partial charge in [0.25, 0.3) is 5.91 Å². The molecule has 0 aromatic heterocycles. The number of methoxy groups -OCH3 is 1. The summed E-state index contributed by atoms with van der Waals surface area (Å²) in [5, 5.41) is 10.5. The van der Waals surface area contributed by atoms with E-state index in [1.165, 1.54) is 4.90 Å². The first kappa shape index (κ1) is 31.1. The number of carbonyl (C=O) groups excluding carboxylic acids is 1. The van der Waals surface area contributed by atoms with Crippen molar-refractivity contribution in [1.82, 2.24) is 4.90 Å². The number of amides is 1. The molecule has 4 saturated heterocycles. The molecule has 5 aliphatic rings. The van der Waals surface area contributed by atoms with Gasteiger partial charge in [-0.3, -0.25) is 4.79 Å². The van der Waals surface area contributed by atoms with Crippen LogP contribution >= 0.6 is 23.2 Å². The maximum absolute atomic E-state index is 15.7. The maximum Gasteiger partial charge on any atom is 0.337 e. The molecule has 2 bridgehead atoms. The highest BCUT2D eigenvalue weighted by molar-refractivity contribution is 6.40. The summed E-state index contributed by atoms with van der Waals surface area (Å²) in [5.41, 5.74) is 2.51. The van der Waals surface area contributed by atoms with E-state index in [0.29, 0.717) is 48.8 Å². The van der Waals surface area contributed by atoms with Crippen molar-refractivity contribution in [2.45, 2.75) is 50.5 Å². The van der Waals surface area contributed by atoms with Crippen molar-refractivity contribution in [3.05, 3.63) is 75.0 Å². The zero-order valence-electron chi connectivity index (χ0n) is 25.5. The number of halogens is 3. The molecule has 3 aromatic carbocycles. The van der Waals surface area contributed by atoms with Crippen LogP contribution in [0.4, 0.5) is 15.8 Å². The van der Waals surface area contributed by atoms with Gasteiger partial charge in [0.2, 0.25) is 0 Å². The summed E-state index contributed by atoms with van der Waals surface area (Å²) in [4.78, 5) is 31.6. The predicted octanol–water partition coefficient (Wildman–Crippen LogP) is 6.47. The number of ether oxygens (including phenoxy) is 3. The molecule has 5 heterocycles. The maximum atomic E-state index is 15.7. The molecule has 0 radical (unpaired) electrons. The second-order valence-electron chi connectivity index (χ2n) is 12.7. The van der Waals surface area contributed by atoms with E-state index < -0.39 is 11.8 Å². The van der Waals surface area contributed by atoms with E-state index in [2.05, 4.69) is 9.80 Å².